The van der Waals surface area contributed by atoms with E-state index in [4.69, 9.17) is 5.26 Å². The molecule has 1 aliphatic carbocycles. The maximum Gasteiger partial charge on any atom is 0.324 e. The Labute approximate surface area is 81.7 Å². The molecule has 0 aromatic heterocycles. The van der Waals surface area contributed by atoms with Crippen LogP contribution in [-0.2, 0) is 4.79 Å². The van der Waals surface area contributed by atoms with Gasteiger partial charge in [0.05, 0.1) is 6.07 Å². The lowest BCUT2D eigenvalue weighted by molar-refractivity contribution is -0.118. The van der Waals surface area contributed by atoms with E-state index in [-0.39, 0.29) is 23.9 Å². The number of hydrogen-bond donors (Lipinski definition) is 1. The maximum absolute atomic E-state index is 11.2. The van der Waals surface area contributed by atoms with Crippen molar-refractivity contribution in [3.63, 3.8) is 0 Å². The highest BCUT2D eigenvalue weighted by Gasteiger charge is 2.46. The molecule has 2 rings (SSSR count). The van der Waals surface area contributed by atoms with Gasteiger partial charge < -0.3 is 4.90 Å². The van der Waals surface area contributed by atoms with Gasteiger partial charge in [0, 0.05) is 18.4 Å². The summed E-state index contributed by atoms with van der Waals surface area (Å²) in [7, 11) is 0. The van der Waals surface area contributed by atoms with Crippen molar-refractivity contribution in [2.45, 2.75) is 19.3 Å². The van der Waals surface area contributed by atoms with Crippen LogP contribution in [0, 0.1) is 16.7 Å². The predicted molar refractivity (Wildman–Crippen MR) is 47.0 cm³/mol. The summed E-state index contributed by atoms with van der Waals surface area (Å²) in [4.78, 5) is 23.6. The number of nitriles is 1. The zero-order valence-corrected chi connectivity index (χ0v) is 7.75. The van der Waals surface area contributed by atoms with E-state index in [2.05, 4.69) is 11.4 Å². The summed E-state index contributed by atoms with van der Waals surface area (Å²) in [5.74, 6) is -0.247. The number of rotatable bonds is 3. The Morgan fingerprint density at radius 3 is 2.64 bits per heavy atom. The first kappa shape index (κ1) is 9.00. The molecule has 3 amide bonds. The minimum absolute atomic E-state index is 0.0172. The number of hydrogen-bond acceptors (Lipinski definition) is 3. The zero-order chi connectivity index (χ0) is 10.2. The van der Waals surface area contributed by atoms with Gasteiger partial charge in [-0.15, -0.1) is 0 Å². The summed E-state index contributed by atoms with van der Waals surface area (Å²) >= 11 is 0. The number of amides is 3. The third-order valence-corrected chi connectivity index (χ3v) is 2.81. The molecule has 0 aromatic rings. The van der Waals surface area contributed by atoms with E-state index < -0.39 is 0 Å². The molecule has 2 fully saturated rings. The smallest absolute Gasteiger partial charge is 0.315 e. The average molecular weight is 193 g/mol. The summed E-state index contributed by atoms with van der Waals surface area (Å²) in [6, 6.07) is 1.81. The Kier molecular flexibility index (Phi) is 1.92. The van der Waals surface area contributed by atoms with Crippen LogP contribution in [0.3, 0.4) is 0 Å². The molecule has 5 heteroatoms. The lowest BCUT2D eigenvalue weighted by Crippen LogP contribution is -2.33. The number of carbonyl (C=O) groups is 2. The van der Waals surface area contributed by atoms with Gasteiger partial charge in [-0.25, -0.2) is 4.79 Å². The number of nitrogens with one attached hydrogen (secondary N) is 1. The SMILES string of the molecule is N#CCC1(CN2CC(=O)NC2=O)CC1. The van der Waals surface area contributed by atoms with Crippen LogP contribution < -0.4 is 5.32 Å². The summed E-state index contributed by atoms with van der Waals surface area (Å²) in [5.41, 5.74) is -0.0172. The quantitative estimate of drug-likeness (QED) is 0.652. The topological polar surface area (TPSA) is 73.2 Å². The Hall–Kier alpha value is -1.57. The largest absolute Gasteiger partial charge is 0.324 e. The van der Waals surface area contributed by atoms with Gasteiger partial charge in [-0.3, -0.25) is 10.1 Å². The van der Waals surface area contributed by atoms with Gasteiger partial charge in [0.25, 0.3) is 0 Å². The molecule has 0 spiro atoms. The van der Waals surface area contributed by atoms with Gasteiger partial charge in [-0.2, -0.15) is 5.26 Å². The second-order valence-electron chi connectivity index (χ2n) is 4.04. The van der Waals surface area contributed by atoms with Gasteiger partial charge in [0.15, 0.2) is 0 Å². The fourth-order valence-electron chi connectivity index (χ4n) is 1.75. The zero-order valence-electron chi connectivity index (χ0n) is 7.75. The van der Waals surface area contributed by atoms with Crippen LogP contribution in [-0.4, -0.2) is 29.9 Å². The van der Waals surface area contributed by atoms with Gasteiger partial charge >= 0.3 is 6.03 Å². The van der Waals surface area contributed by atoms with Crippen LogP contribution in [0.15, 0.2) is 0 Å². The number of nitrogens with zero attached hydrogens (tertiary/aromatic N) is 2. The number of urea groups is 1. The molecular formula is C9H11N3O2. The highest BCUT2D eigenvalue weighted by atomic mass is 16.2. The van der Waals surface area contributed by atoms with E-state index in [1.165, 1.54) is 4.90 Å². The monoisotopic (exact) mass is 193 g/mol. The standard InChI is InChI=1S/C9H11N3O2/c10-4-3-9(1-2-9)6-12-5-7(13)11-8(12)14/h1-3,5-6H2,(H,11,13,14). The molecule has 1 heterocycles. The Balaban J connectivity index is 1.95. The third kappa shape index (κ3) is 1.55. The first-order valence-electron chi connectivity index (χ1n) is 4.61. The predicted octanol–water partition coefficient (Wildman–Crippen LogP) is 0.232. The molecule has 1 N–H and O–H groups in total. The molecule has 0 bridgehead atoms. The Bertz CT molecular complexity index is 327. The van der Waals surface area contributed by atoms with Crippen LogP contribution >= 0.6 is 0 Å². The highest BCUT2D eigenvalue weighted by Crippen LogP contribution is 2.49. The van der Waals surface area contributed by atoms with E-state index in [9.17, 15) is 9.59 Å². The number of imide groups is 1. The van der Waals surface area contributed by atoms with E-state index in [0.717, 1.165) is 12.8 Å². The minimum Gasteiger partial charge on any atom is -0.315 e. The molecule has 2 aliphatic rings. The molecule has 0 aromatic carbocycles. The summed E-state index contributed by atoms with van der Waals surface area (Å²) in [6.45, 7) is 0.685. The van der Waals surface area contributed by atoms with Crippen molar-refractivity contribution in [1.29, 1.82) is 5.26 Å². The Morgan fingerprint density at radius 1 is 1.50 bits per heavy atom. The highest BCUT2D eigenvalue weighted by molar-refractivity contribution is 6.01. The van der Waals surface area contributed by atoms with Crippen LogP contribution in [0.25, 0.3) is 0 Å². The summed E-state index contributed by atoms with van der Waals surface area (Å²) in [6.07, 6.45) is 2.45. The lowest BCUT2D eigenvalue weighted by Gasteiger charge is -2.18. The maximum atomic E-state index is 11.2. The van der Waals surface area contributed by atoms with Crippen molar-refractivity contribution < 1.29 is 9.59 Å². The fourth-order valence-corrected chi connectivity index (χ4v) is 1.75. The van der Waals surface area contributed by atoms with Crippen LogP contribution in [0.5, 0.6) is 0 Å². The molecule has 0 atom stereocenters. The molecule has 1 saturated heterocycles. The van der Waals surface area contributed by atoms with Crippen LogP contribution in [0.4, 0.5) is 4.79 Å². The molecule has 0 unspecified atom stereocenters. The van der Waals surface area contributed by atoms with Gasteiger partial charge in [-0.05, 0) is 12.8 Å². The first-order chi connectivity index (χ1) is 6.65. The van der Waals surface area contributed by atoms with Crippen molar-refractivity contribution in [2.75, 3.05) is 13.1 Å². The molecule has 1 aliphatic heterocycles. The summed E-state index contributed by atoms with van der Waals surface area (Å²) < 4.78 is 0. The average Bonchev–Trinajstić information content (AvgIpc) is 2.77. The first-order valence-corrected chi connectivity index (χ1v) is 4.61. The molecule has 14 heavy (non-hydrogen) atoms. The Morgan fingerprint density at radius 2 is 2.21 bits per heavy atom. The van der Waals surface area contributed by atoms with Crippen molar-refractivity contribution in [3.8, 4) is 6.07 Å². The van der Waals surface area contributed by atoms with Crippen LogP contribution in [0.1, 0.15) is 19.3 Å². The van der Waals surface area contributed by atoms with E-state index in [1.807, 2.05) is 0 Å². The third-order valence-electron chi connectivity index (χ3n) is 2.81. The molecule has 74 valence electrons. The van der Waals surface area contributed by atoms with Crippen molar-refractivity contribution >= 4 is 11.9 Å². The minimum atomic E-state index is -0.320. The normalized spacial score (nSPS) is 23.2. The molecule has 5 nitrogen and oxygen atoms in total. The fraction of sp³-hybridized carbons (Fsp3) is 0.667. The van der Waals surface area contributed by atoms with E-state index in [1.54, 1.807) is 0 Å². The molecule has 0 radical (unpaired) electrons. The molecule has 1 saturated carbocycles. The van der Waals surface area contributed by atoms with Crippen LogP contribution in [0.2, 0.25) is 0 Å². The van der Waals surface area contributed by atoms with Gasteiger partial charge in [-0.1, -0.05) is 0 Å². The van der Waals surface area contributed by atoms with Gasteiger partial charge in [0.2, 0.25) is 5.91 Å². The summed E-state index contributed by atoms with van der Waals surface area (Å²) in [5, 5.41) is 10.8. The van der Waals surface area contributed by atoms with E-state index >= 15 is 0 Å². The second-order valence-corrected chi connectivity index (χ2v) is 4.04. The van der Waals surface area contributed by atoms with Gasteiger partial charge in [0.1, 0.15) is 6.54 Å². The van der Waals surface area contributed by atoms with E-state index in [0.29, 0.717) is 13.0 Å². The van der Waals surface area contributed by atoms with Crippen molar-refractivity contribution in [1.82, 2.24) is 10.2 Å². The second kappa shape index (κ2) is 2.98. The molecular weight excluding hydrogens is 182 g/mol. The van der Waals surface area contributed by atoms with Crippen molar-refractivity contribution in [3.05, 3.63) is 0 Å². The number of carbonyl (C=O) groups excluding carboxylic acids is 2. The lowest BCUT2D eigenvalue weighted by atomic mass is 10.0. The van der Waals surface area contributed by atoms with Crippen molar-refractivity contribution in [2.24, 2.45) is 5.41 Å².